The number of aryl methyl sites for hydroxylation is 2. The SMILES string of the molecule is CCCCc1cc(=O)n(CCCC)[nH]1. The van der Waals surface area contributed by atoms with Crippen molar-refractivity contribution >= 4 is 0 Å². The van der Waals surface area contributed by atoms with Gasteiger partial charge in [0.1, 0.15) is 0 Å². The van der Waals surface area contributed by atoms with Gasteiger partial charge >= 0.3 is 0 Å². The van der Waals surface area contributed by atoms with Crippen LogP contribution in [0.25, 0.3) is 0 Å². The van der Waals surface area contributed by atoms with E-state index < -0.39 is 0 Å². The number of rotatable bonds is 6. The van der Waals surface area contributed by atoms with Crippen molar-refractivity contribution in [3.63, 3.8) is 0 Å². The van der Waals surface area contributed by atoms with Gasteiger partial charge < -0.3 is 0 Å². The predicted molar refractivity (Wildman–Crippen MR) is 58.6 cm³/mol. The van der Waals surface area contributed by atoms with Crippen LogP contribution in [-0.4, -0.2) is 9.78 Å². The van der Waals surface area contributed by atoms with E-state index in [1.807, 2.05) is 0 Å². The molecule has 80 valence electrons. The number of unbranched alkanes of at least 4 members (excludes halogenated alkanes) is 2. The molecule has 0 amide bonds. The number of hydrogen-bond acceptors (Lipinski definition) is 1. The lowest BCUT2D eigenvalue weighted by molar-refractivity contribution is 0.550. The van der Waals surface area contributed by atoms with Crippen LogP contribution in [0.15, 0.2) is 10.9 Å². The van der Waals surface area contributed by atoms with Crippen molar-refractivity contribution in [2.75, 3.05) is 0 Å². The van der Waals surface area contributed by atoms with E-state index in [1.54, 1.807) is 10.7 Å². The summed E-state index contributed by atoms with van der Waals surface area (Å²) in [5.74, 6) is 0. The van der Waals surface area contributed by atoms with Crippen molar-refractivity contribution in [2.45, 2.75) is 52.5 Å². The van der Waals surface area contributed by atoms with Crippen molar-refractivity contribution in [2.24, 2.45) is 0 Å². The third kappa shape index (κ3) is 3.05. The van der Waals surface area contributed by atoms with Gasteiger partial charge in [0.05, 0.1) is 0 Å². The van der Waals surface area contributed by atoms with E-state index in [9.17, 15) is 4.79 Å². The molecule has 3 nitrogen and oxygen atoms in total. The third-order valence-corrected chi connectivity index (χ3v) is 2.38. The Morgan fingerprint density at radius 1 is 1.29 bits per heavy atom. The first kappa shape index (κ1) is 11.1. The van der Waals surface area contributed by atoms with Crippen molar-refractivity contribution in [3.8, 4) is 0 Å². The second-order valence-electron chi connectivity index (χ2n) is 3.73. The molecule has 0 spiro atoms. The van der Waals surface area contributed by atoms with Crippen molar-refractivity contribution in [1.82, 2.24) is 9.78 Å². The Kier molecular flexibility index (Phi) is 4.50. The summed E-state index contributed by atoms with van der Waals surface area (Å²) < 4.78 is 1.72. The van der Waals surface area contributed by atoms with Crippen LogP contribution in [0.1, 0.15) is 45.2 Å². The zero-order valence-corrected chi connectivity index (χ0v) is 9.18. The summed E-state index contributed by atoms with van der Waals surface area (Å²) in [4.78, 5) is 11.4. The maximum atomic E-state index is 11.4. The summed E-state index contributed by atoms with van der Waals surface area (Å²) in [6, 6.07) is 1.73. The quantitative estimate of drug-likeness (QED) is 0.745. The molecule has 0 aliphatic carbocycles. The lowest BCUT2D eigenvalue weighted by atomic mass is 10.2. The third-order valence-electron chi connectivity index (χ3n) is 2.38. The van der Waals surface area contributed by atoms with Crippen molar-refractivity contribution in [1.29, 1.82) is 0 Å². The molecule has 1 aromatic heterocycles. The molecule has 0 aromatic carbocycles. The van der Waals surface area contributed by atoms with Gasteiger partial charge in [-0.3, -0.25) is 14.6 Å². The summed E-state index contributed by atoms with van der Waals surface area (Å²) in [5.41, 5.74) is 1.19. The minimum absolute atomic E-state index is 0.115. The average molecular weight is 196 g/mol. The maximum absolute atomic E-state index is 11.4. The zero-order chi connectivity index (χ0) is 10.4. The summed E-state index contributed by atoms with van der Waals surface area (Å²) in [6.45, 7) is 5.11. The Hall–Kier alpha value is -0.990. The van der Waals surface area contributed by atoms with Gasteiger partial charge in [-0.05, 0) is 19.3 Å². The van der Waals surface area contributed by atoms with Crippen molar-refractivity contribution in [3.05, 3.63) is 22.1 Å². The van der Waals surface area contributed by atoms with Crippen LogP contribution in [0, 0.1) is 0 Å². The van der Waals surface area contributed by atoms with Crippen LogP contribution in [0.4, 0.5) is 0 Å². The van der Waals surface area contributed by atoms with Crippen LogP contribution in [-0.2, 0) is 13.0 Å². The Morgan fingerprint density at radius 2 is 2.00 bits per heavy atom. The highest BCUT2D eigenvalue weighted by molar-refractivity contribution is 4.99. The standard InChI is InChI=1S/C11H20N2O/c1-3-5-7-10-9-11(14)13(12-10)8-6-4-2/h9,12H,3-8H2,1-2H3. The van der Waals surface area contributed by atoms with Crippen LogP contribution in [0.5, 0.6) is 0 Å². The molecule has 1 N–H and O–H groups in total. The highest BCUT2D eigenvalue weighted by Gasteiger charge is 2.01. The number of aromatic nitrogens is 2. The molecular weight excluding hydrogens is 176 g/mol. The van der Waals surface area contributed by atoms with Gasteiger partial charge in [0.2, 0.25) is 0 Å². The van der Waals surface area contributed by atoms with Gasteiger partial charge in [-0.25, -0.2) is 0 Å². The molecule has 0 aliphatic heterocycles. The van der Waals surface area contributed by atoms with Gasteiger partial charge in [0, 0.05) is 18.3 Å². The monoisotopic (exact) mass is 196 g/mol. The highest BCUT2D eigenvalue weighted by Crippen LogP contribution is 1.99. The topological polar surface area (TPSA) is 37.8 Å². The fourth-order valence-corrected chi connectivity index (χ4v) is 1.47. The van der Waals surface area contributed by atoms with Gasteiger partial charge in [-0.15, -0.1) is 0 Å². The molecule has 1 aromatic rings. The smallest absolute Gasteiger partial charge is 0.266 e. The van der Waals surface area contributed by atoms with Crippen LogP contribution in [0.3, 0.4) is 0 Å². The Balaban J connectivity index is 2.58. The molecule has 0 atom stereocenters. The number of nitrogens with one attached hydrogen (secondary N) is 1. The zero-order valence-electron chi connectivity index (χ0n) is 9.18. The molecule has 14 heavy (non-hydrogen) atoms. The number of nitrogens with zero attached hydrogens (tertiary/aromatic N) is 1. The van der Waals surface area contributed by atoms with Crippen molar-refractivity contribution < 1.29 is 0 Å². The molecule has 3 heteroatoms. The number of hydrogen-bond donors (Lipinski definition) is 1. The molecule has 1 heterocycles. The molecule has 0 saturated heterocycles. The van der Waals surface area contributed by atoms with E-state index in [2.05, 4.69) is 18.9 Å². The van der Waals surface area contributed by atoms with E-state index in [-0.39, 0.29) is 5.56 Å². The summed E-state index contributed by atoms with van der Waals surface area (Å²) in [5, 5.41) is 3.16. The minimum atomic E-state index is 0.115. The fraction of sp³-hybridized carbons (Fsp3) is 0.727. The molecule has 0 radical (unpaired) electrons. The molecule has 0 saturated carbocycles. The Bertz CT molecular complexity index is 311. The first-order chi connectivity index (χ1) is 6.77. The summed E-state index contributed by atoms with van der Waals surface area (Å²) >= 11 is 0. The lowest BCUT2D eigenvalue weighted by Crippen LogP contribution is -2.15. The molecule has 0 aliphatic rings. The van der Waals surface area contributed by atoms with Gasteiger partial charge in [-0.2, -0.15) is 0 Å². The Labute approximate surface area is 85.1 Å². The molecular formula is C11H20N2O. The number of aromatic amines is 1. The fourth-order valence-electron chi connectivity index (χ4n) is 1.47. The molecule has 0 bridgehead atoms. The first-order valence-electron chi connectivity index (χ1n) is 5.56. The van der Waals surface area contributed by atoms with Crippen LogP contribution < -0.4 is 5.56 Å². The minimum Gasteiger partial charge on any atom is -0.300 e. The number of H-pyrrole nitrogens is 1. The van der Waals surface area contributed by atoms with E-state index in [1.165, 1.54) is 6.42 Å². The van der Waals surface area contributed by atoms with Gasteiger partial charge in [0.15, 0.2) is 0 Å². The largest absolute Gasteiger partial charge is 0.300 e. The van der Waals surface area contributed by atoms with Gasteiger partial charge in [0.25, 0.3) is 5.56 Å². The van der Waals surface area contributed by atoms with E-state index in [4.69, 9.17) is 0 Å². The predicted octanol–water partition coefficient (Wildman–Crippen LogP) is 2.32. The van der Waals surface area contributed by atoms with Crippen LogP contribution in [0.2, 0.25) is 0 Å². The maximum Gasteiger partial charge on any atom is 0.266 e. The van der Waals surface area contributed by atoms with Gasteiger partial charge in [-0.1, -0.05) is 26.7 Å². The van der Waals surface area contributed by atoms with E-state index in [0.29, 0.717) is 0 Å². The highest BCUT2D eigenvalue weighted by atomic mass is 16.1. The Morgan fingerprint density at radius 3 is 2.64 bits per heavy atom. The molecule has 0 fully saturated rings. The summed E-state index contributed by atoms with van der Waals surface area (Å²) in [6.07, 6.45) is 5.49. The van der Waals surface area contributed by atoms with Crippen LogP contribution >= 0.6 is 0 Å². The van der Waals surface area contributed by atoms with E-state index in [0.717, 1.165) is 37.9 Å². The average Bonchev–Trinajstić information content (AvgIpc) is 2.53. The molecule has 1 rings (SSSR count). The summed E-state index contributed by atoms with van der Waals surface area (Å²) in [7, 11) is 0. The second-order valence-corrected chi connectivity index (χ2v) is 3.73. The normalized spacial score (nSPS) is 10.7. The molecule has 0 unspecified atom stereocenters. The lowest BCUT2D eigenvalue weighted by Gasteiger charge is -1.99. The second kappa shape index (κ2) is 5.68. The van der Waals surface area contributed by atoms with E-state index >= 15 is 0 Å². The first-order valence-corrected chi connectivity index (χ1v) is 5.56.